The van der Waals surface area contributed by atoms with Crippen LogP contribution in [0, 0.1) is 0 Å². The fraction of sp³-hybridized carbons (Fsp3) is 0.0625. The van der Waals surface area contributed by atoms with Crippen LogP contribution in [0.4, 0.5) is 0 Å². The summed E-state index contributed by atoms with van der Waals surface area (Å²) in [6.07, 6.45) is 0. The first kappa shape index (κ1) is 13.9. The Morgan fingerprint density at radius 1 is 1.24 bits per heavy atom. The molecule has 0 aliphatic heterocycles. The predicted octanol–water partition coefficient (Wildman–Crippen LogP) is 5.13. The molecule has 0 spiro atoms. The molecule has 3 rings (SSSR count). The minimum absolute atomic E-state index is 0.127. The van der Waals surface area contributed by atoms with Gasteiger partial charge in [0, 0.05) is 5.88 Å². The number of carboxylic acids is 1. The van der Waals surface area contributed by atoms with Gasteiger partial charge in [-0.3, -0.25) is 0 Å². The molecule has 1 N–H and O–H groups in total. The van der Waals surface area contributed by atoms with E-state index in [1.807, 2.05) is 29.6 Å². The zero-order valence-electron chi connectivity index (χ0n) is 10.9. The first-order chi connectivity index (χ1) is 10.2. The number of hydrogen-bond donors (Lipinski definition) is 1. The Morgan fingerprint density at radius 3 is 2.86 bits per heavy atom. The smallest absolute Gasteiger partial charge is 0.336 e. The summed E-state index contributed by atoms with van der Waals surface area (Å²) in [5.74, 6) is 0.474. The van der Waals surface area contributed by atoms with Crippen LogP contribution in [0.1, 0.15) is 15.9 Å². The monoisotopic (exact) mass is 318 g/mol. The molecule has 5 heteroatoms. The third-order valence-corrected chi connectivity index (χ3v) is 4.35. The van der Waals surface area contributed by atoms with Crippen LogP contribution in [0.5, 0.6) is 11.5 Å². The van der Waals surface area contributed by atoms with Gasteiger partial charge in [-0.2, -0.15) is 0 Å². The van der Waals surface area contributed by atoms with Crippen LogP contribution in [-0.2, 0) is 5.88 Å². The van der Waals surface area contributed by atoms with Gasteiger partial charge < -0.3 is 9.84 Å². The number of fused-ring (bicyclic) bond motifs is 1. The fourth-order valence-corrected chi connectivity index (χ4v) is 3.20. The highest BCUT2D eigenvalue weighted by molar-refractivity contribution is 7.17. The van der Waals surface area contributed by atoms with Gasteiger partial charge in [0.15, 0.2) is 0 Å². The van der Waals surface area contributed by atoms with Crippen LogP contribution in [0.15, 0.2) is 47.8 Å². The van der Waals surface area contributed by atoms with Crippen molar-refractivity contribution in [1.29, 1.82) is 0 Å². The molecule has 0 amide bonds. The van der Waals surface area contributed by atoms with E-state index >= 15 is 0 Å². The van der Waals surface area contributed by atoms with E-state index in [1.54, 1.807) is 23.5 Å². The van der Waals surface area contributed by atoms with Gasteiger partial charge in [-0.25, -0.2) is 4.79 Å². The summed E-state index contributed by atoms with van der Waals surface area (Å²) in [7, 11) is 0. The number of rotatable bonds is 4. The molecular weight excluding hydrogens is 308 g/mol. The summed E-state index contributed by atoms with van der Waals surface area (Å²) in [6, 6.07) is 12.7. The molecule has 0 aliphatic carbocycles. The Kier molecular flexibility index (Phi) is 3.82. The number of hydrogen-bond acceptors (Lipinski definition) is 3. The Hall–Kier alpha value is -2.04. The molecule has 0 atom stereocenters. The highest BCUT2D eigenvalue weighted by Crippen LogP contribution is 2.34. The minimum atomic E-state index is -0.988. The predicted molar refractivity (Wildman–Crippen MR) is 84.9 cm³/mol. The van der Waals surface area contributed by atoms with Gasteiger partial charge in [0.2, 0.25) is 0 Å². The normalized spacial score (nSPS) is 10.7. The van der Waals surface area contributed by atoms with Gasteiger partial charge in [0.25, 0.3) is 0 Å². The second-order valence-electron chi connectivity index (χ2n) is 4.45. The molecule has 3 aromatic rings. The lowest BCUT2D eigenvalue weighted by Crippen LogP contribution is -2.01. The van der Waals surface area contributed by atoms with E-state index in [9.17, 15) is 4.79 Å². The Balaban J connectivity index is 1.98. The summed E-state index contributed by atoms with van der Waals surface area (Å²) < 4.78 is 6.95. The van der Waals surface area contributed by atoms with Crippen LogP contribution >= 0.6 is 22.9 Å². The third kappa shape index (κ3) is 2.73. The average Bonchev–Trinajstić information content (AvgIpc) is 2.96. The number of halogens is 1. The average molecular weight is 319 g/mol. The largest absolute Gasteiger partial charge is 0.478 e. The molecule has 0 unspecified atom stereocenters. The molecule has 21 heavy (non-hydrogen) atoms. The van der Waals surface area contributed by atoms with Crippen molar-refractivity contribution < 1.29 is 14.6 Å². The van der Waals surface area contributed by atoms with Crippen molar-refractivity contribution >= 4 is 39.0 Å². The lowest BCUT2D eigenvalue weighted by Gasteiger charge is -2.09. The number of aromatic carboxylic acids is 1. The number of benzene rings is 2. The minimum Gasteiger partial charge on any atom is -0.478 e. The highest BCUT2D eigenvalue weighted by Gasteiger charge is 2.11. The molecule has 3 nitrogen and oxygen atoms in total. The Labute approximate surface area is 130 Å². The van der Waals surface area contributed by atoms with Gasteiger partial charge in [-0.15, -0.1) is 22.9 Å². The van der Waals surface area contributed by atoms with Crippen molar-refractivity contribution in [3.05, 3.63) is 59.0 Å². The maximum atomic E-state index is 11.1. The summed E-state index contributed by atoms with van der Waals surface area (Å²) in [5, 5.41) is 12.2. The van der Waals surface area contributed by atoms with Crippen LogP contribution in [-0.4, -0.2) is 11.1 Å². The van der Waals surface area contributed by atoms with Crippen LogP contribution < -0.4 is 4.74 Å². The molecule has 2 aromatic carbocycles. The number of alkyl halides is 1. The SMILES string of the molecule is O=C(O)c1ccc(Oc2cccc3ccsc23)cc1CCl. The van der Waals surface area contributed by atoms with Gasteiger partial charge in [-0.05, 0) is 46.7 Å². The second-order valence-corrected chi connectivity index (χ2v) is 5.64. The number of carboxylic acid groups (broad SMARTS) is 1. The van der Waals surface area contributed by atoms with Gasteiger partial charge in [-0.1, -0.05) is 12.1 Å². The lowest BCUT2D eigenvalue weighted by molar-refractivity contribution is 0.0696. The van der Waals surface area contributed by atoms with Crippen LogP contribution in [0.3, 0.4) is 0 Å². The summed E-state index contributed by atoms with van der Waals surface area (Å²) in [4.78, 5) is 11.1. The molecule has 106 valence electrons. The standard InChI is InChI=1S/C16H11ClO3S/c17-9-11-8-12(4-5-13(11)16(18)19)20-14-3-1-2-10-6-7-21-15(10)14/h1-8H,9H2,(H,18,19). The maximum Gasteiger partial charge on any atom is 0.336 e. The van der Waals surface area contributed by atoms with E-state index in [-0.39, 0.29) is 11.4 Å². The Bertz CT molecular complexity index is 810. The number of carbonyl (C=O) groups is 1. The molecule has 0 saturated carbocycles. The topological polar surface area (TPSA) is 46.5 Å². The first-order valence-electron chi connectivity index (χ1n) is 6.25. The maximum absolute atomic E-state index is 11.1. The van der Waals surface area contributed by atoms with E-state index in [2.05, 4.69) is 0 Å². The number of thiophene rings is 1. The molecular formula is C16H11ClO3S. The van der Waals surface area contributed by atoms with Gasteiger partial charge in [0.05, 0.1) is 10.3 Å². The van der Waals surface area contributed by atoms with Crippen molar-refractivity contribution in [2.24, 2.45) is 0 Å². The summed E-state index contributed by atoms with van der Waals surface area (Å²) in [6.45, 7) is 0. The van der Waals surface area contributed by atoms with Crippen molar-refractivity contribution in [1.82, 2.24) is 0 Å². The van der Waals surface area contributed by atoms with E-state index < -0.39 is 5.97 Å². The van der Waals surface area contributed by atoms with Crippen molar-refractivity contribution in [3.8, 4) is 11.5 Å². The van der Waals surface area contributed by atoms with E-state index in [4.69, 9.17) is 21.4 Å². The zero-order chi connectivity index (χ0) is 14.8. The second kappa shape index (κ2) is 5.76. The first-order valence-corrected chi connectivity index (χ1v) is 7.66. The van der Waals surface area contributed by atoms with E-state index in [0.717, 1.165) is 15.8 Å². The molecule has 0 aliphatic rings. The Morgan fingerprint density at radius 2 is 2.10 bits per heavy atom. The van der Waals surface area contributed by atoms with E-state index in [0.29, 0.717) is 11.3 Å². The molecule has 0 saturated heterocycles. The lowest BCUT2D eigenvalue weighted by atomic mass is 10.1. The molecule has 1 heterocycles. The van der Waals surface area contributed by atoms with Crippen LogP contribution in [0.2, 0.25) is 0 Å². The summed E-state index contributed by atoms with van der Waals surface area (Å²) >= 11 is 7.42. The van der Waals surface area contributed by atoms with Gasteiger partial charge >= 0.3 is 5.97 Å². The van der Waals surface area contributed by atoms with Crippen LogP contribution in [0.25, 0.3) is 10.1 Å². The summed E-state index contributed by atoms with van der Waals surface area (Å²) in [5.41, 5.74) is 0.742. The zero-order valence-corrected chi connectivity index (χ0v) is 12.4. The van der Waals surface area contributed by atoms with Gasteiger partial charge in [0.1, 0.15) is 11.5 Å². The molecule has 0 fully saturated rings. The quantitative estimate of drug-likeness (QED) is 0.678. The number of ether oxygens (including phenoxy) is 1. The molecule has 0 bridgehead atoms. The fourth-order valence-electron chi connectivity index (χ4n) is 2.13. The van der Waals surface area contributed by atoms with Crippen molar-refractivity contribution in [2.75, 3.05) is 0 Å². The van der Waals surface area contributed by atoms with Crippen molar-refractivity contribution in [3.63, 3.8) is 0 Å². The van der Waals surface area contributed by atoms with E-state index in [1.165, 1.54) is 6.07 Å². The highest BCUT2D eigenvalue weighted by atomic mass is 35.5. The van der Waals surface area contributed by atoms with Crippen molar-refractivity contribution in [2.45, 2.75) is 5.88 Å². The molecule has 0 radical (unpaired) electrons. The third-order valence-electron chi connectivity index (χ3n) is 3.12. The molecule has 1 aromatic heterocycles.